The van der Waals surface area contributed by atoms with Gasteiger partial charge in [0.05, 0.1) is 10.2 Å². The highest BCUT2D eigenvalue weighted by Gasteiger charge is 2.54. The number of benzene rings is 3. The van der Waals surface area contributed by atoms with Crippen molar-refractivity contribution in [1.82, 2.24) is 0 Å². The van der Waals surface area contributed by atoms with Gasteiger partial charge < -0.3 is 0 Å². The van der Waals surface area contributed by atoms with E-state index < -0.39 is 14.5 Å². The first-order chi connectivity index (χ1) is 15.5. The summed E-state index contributed by atoms with van der Waals surface area (Å²) < 4.78 is 39.0. The van der Waals surface area contributed by atoms with E-state index in [0.717, 1.165) is 33.4 Å². The fourth-order valence-electron chi connectivity index (χ4n) is 3.18. The van der Waals surface area contributed by atoms with Crippen molar-refractivity contribution in [2.45, 2.75) is 4.27 Å². The molecule has 0 saturated carbocycles. The molecule has 0 aromatic heterocycles. The average molecular weight is 483 g/mol. The number of halogens is 1. The summed E-state index contributed by atoms with van der Waals surface area (Å²) in [5, 5.41) is 1.83. The Bertz CT molecular complexity index is 1130. The van der Waals surface area contributed by atoms with Gasteiger partial charge in [0.25, 0.3) is 0 Å². The van der Waals surface area contributed by atoms with Gasteiger partial charge in [0, 0.05) is 10.5 Å². The Balaban J connectivity index is 1.76. The van der Waals surface area contributed by atoms with Gasteiger partial charge in [-0.3, -0.25) is 0 Å². The summed E-state index contributed by atoms with van der Waals surface area (Å²) in [6.45, 7) is 0. The maximum atomic E-state index is 11.8. The molecule has 0 saturated heterocycles. The highest BCUT2D eigenvalue weighted by Crippen LogP contribution is 2.60. The van der Waals surface area contributed by atoms with Crippen molar-refractivity contribution >= 4 is 40.1 Å². The zero-order chi connectivity index (χ0) is 22.4. The van der Waals surface area contributed by atoms with Crippen molar-refractivity contribution in [3.63, 3.8) is 0 Å². The van der Waals surface area contributed by atoms with Gasteiger partial charge >= 0.3 is 4.27 Å². The molecule has 32 heavy (non-hydrogen) atoms. The molecule has 0 N–H and O–H groups in total. The van der Waals surface area contributed by atoms with Crippen molar-refractivity contribution < 1.29 is 28.5 Å². The minimum Gasteiger partial charge on any atom is -0.183 e. The molecule has 4 nitrogen and oxygen atoms in total. The summed E-state index contributed by atoms with van der Waals surface area (Å²) in [5.41, 5.74) is 3.24. The van der Waals surface area contributed by atoms with E-state index in [1.807, 2.05) is 109 Å². The first kappa shape index (κ1) is 22.9. The molecule has 1 heterocycles. The van der Waals surface area contributed by atoms with Gasteiger partial charge in [0.2, 0.25) is 0 Å². The maximum absolute atomic E-state index is 11.8. The maximum Gasteiger partial charge on any atom is 0.349 e. The molecule has 1 aliphatic heterocycles. The first-order valence-electron chi connectivity index (χ1n) is 9.68. The van der Waals surface area contributed by atoms with E-state index in [1.54, 1.807) is 6.08 Å². The van der Waals surface area contributed by atoms with Crippen LogP contribution in [-0.2, 0) is 4.29 Å². The third-order valence-corrected chi connectivity index (χ3v) is 7.99. The molecule has 0 radical (unpaired) electrons. The lowest BCUT2D eigenvalue weighted by Crippen LogP contribution is -2.63. The van der Waals surface area contributed by atoms with Crippen molar-refractivity contribution in [3.05, 3.63) is 125 Å². The Kier molecular flexibility index (Phi) is 7.23. The summed E-state index contributed by atoms with van der Waals surface area (Å²) in [5.74, 6) is 0. The van der Waals surface area contributed by atoms with Crippen molar-refractivity contribution in [2.75, 3.05) is 0 Å². The molecule has 1 atom stereocenters. The molecule has 0 bridgehead atoms. The van der Waals surface area contributed by atoms with Crippen molar-refractivity contribution in [1.29, 1.82) is 0 Å². The van der Waals surface area contributed by atoms with Crippen LogP contribution >= 0.6 is 23.5 Å². The van der Waals surface area contributed by atoms with Crippen LogP contribution < -0.4 is 14.0 Å². The second-order valence-corrected chi connectivity index (χ2v) is 10.2. The number of thioether (sulfide) groups is 2. The Labute approximate surface area is 197 Å². The van der Waals surface area contributed by atoms with E-state index in [1.165, 1.54) is 11.8 Å². The molecule has 0 fully saturated rings. The molecule has 162 valence electrons. The summed E-state index contributed by atoms with van der Waals surface area (Å²) in [4.78, 5) is 0.823. The molecule has 0 spiro atoms. The Morgan fingerprint density at radius 3 is 2.03 bits per heavy atom. The van der Waals surface area contributed by atoms with Crippen LogP contribution in [0.4, 0.5) is 0 Å². The predicted octanol–water partition coefficient (Wildman–Crippen LogP) is 3.83. The van der Waals surface area contributed by atoms with E-state index in [0.29, 0.717) is 5.57 Å². The third kappa shape index (κ3) is 5.74. The molecule has 0 amide bonds. The third-order valence-electron chi connectivity index (χ3n) is 4.59. The van der Waals surface area contributed by atoms with Crippen LogP contribution in [0, 0.1) is 10.2 Å². The number of allylic oxidation sites excluding steroid dienone is 2. The average Bonchev–Trinajstić information content (AvgIpc) is 3.22. The number of rotatable bonds is 7. The Morgan fingerprint density at radius 2 is 1.41 bits per heavy atom. The van der Waals surface area contributed by atoms with Crippen LogP contribution in [0.25, 0.3) is 16.6 Å². The molecule has 1 aliphatic rings. The zero-order valence-corrected chi connectivity index (χ0v) is 19.2. The van der Waals surface area contributed by atoms with Gasteiger partial charge in [-0.1, -0.05) is 133 Å². The van der Waals surface area contributed by atoms with Gasteiger partial charge in [-0.15, -0.1) is 0 Å². The van der Waals surface area contributed by atoms with Crippen molar-refractivity contribution in [2.24, 2.45) is 0 Å². The molecule has 1 unspecified atom stereocenters. The van der Waals surface area contributed by atoms with Crippen LogP contribution in [0.2, 0.25) is 0 Å². The Morgan fingerprint density at radius 1 is 0.812 bits per heavy atom. The zero-order valence-electron chi connectivity index (χ0n) is 16.8. The highest BCUT2D eigenvalue weighted by atomic mass is 35.7. The normalized spacial score (nSPS) is 19.3. The van der Waals surface area contributed by atoms with Gasteiger partial charge in [-0.25, -0.2) is 0 Å². The largest absolute Gasteiger partial charge is 0.349 e. The lowest BCUT2D eigenvalue weighted by molar-refractivity contribution is -1.92. The van der Waals surface area contributed by atoms with Crippen molar-refractivity contribution in [3.8, 4) is 0 Å². The summed E-state index contributed by atoms with van der Waals surface area (Å²) in [6, 6.07) is 28.6. The van der Waals surface area contributed by atoms with Gasteiger partial charge in [-0.05, 0) is 22.1 Å². The van der Waals surface area contributed by atoms with Gasteiger partial charge in [0.1, 0.15) is 4.29 Å². The molecule has 3 aromatic rings. The molecular weight excluding hydrogens is 464 g/mol. The molecule has 3 aromatic carbocycles. The summed E-state index contributed by atoms with van der Waals surface area (Å²) in [7, 11) is -4.68. The van der Waals surface area contributed by atoms with E-state index >= 15 is 0 Å². The number of hydrogen-bond acceptors (Lipinski definition) is 6. The first-order valence-corrected chi connectivity index (χ1v) is 12.6. The molecular formula is C25H19ClO4S2. The lowest BCUT2D eigenvalue weighted by atomic mass is 10.1. The smallest absolute Gasteiger partial charge is 0.183 e. The van der Waals surface area contributed by atoms with E-state index in [2.05, 4.69) is 0 Å². The topological polar surface area (TPSA) is 78.4 Å². The van der Waals surface area contributed by atoms with Crippen LogP contribution in [0.15, 0.2) is 109 Å². The van der Waals surface area contributed by atoms with Crippen LogP contribution in [-0.4, -0.2) is 4.27 Å². The second-order valence-electron chi connectivity index (χ2n) is 6.80. The quantitative estimate of drug-likeness (QED) is 0.476. The molecule has 4 rings (SSSR count). The second kappa shape index (κ2) is 10.1. The fraction of sp³-hybridized carbons (Fsp3) is 0.0400. The lowest BCUT2D eigenvalue weighted by Gasteiger charge is -2.27. The van der Waals surface area contributed by atoms with Gasteiger partial charge in [0.15, 0.2) is 0 Å². The van der Waals surface area contributed by atoms with Gasteiger partial charge in [-0.2, -0.15) is 14.0 Å². The summed E-state index contributed by atoms with van der Waals surface area (Å²) >= 11 is 2.36. The SMILES string of the molecule is [O-][Cl+3]([O-])([O-])OC1(/C(=C/C=C/c2ccccc2)c2ccccc2)SC=C(c2ccccc2)S1. The van der Waals surface area contributed by atoms with Crippen LogP contribution in [0.5, 0.6) is 0 Å². The van der Waals surface area contributed by atoms with Crippen LogP contribution in [0.3, 0.4) is 0 Å². The monoisotopic (exact) mass is 482 g/mol. The minimum absolute atomic E-state index is 0.564. The van der Waals surface area contributed by atoms with Crippen LogP contribution in [0.1, 0.15) is 16.7 Å². The fourth-order valence-corrected chi connectivity index (χ4v) is 6.74. The number of hydrogen-bond donors (Lipinski definition) is 0. The summed E-state index contributed by atoms with van der Waals surface area (Å²) in [6.07, 6.45) is 5.54. The molecule has 0 aliphatic carbocycles. The van der Waals surface area contributed by atoms with E-state index in [-0.39, 0.29) is 0 Å². The standard InChI is InChI=1S/C25H19ClO4S2/c27-26(28,29)30-25(31-19-24(32-25)22-16-8-3-9-17-22)23(21-14-6-2-7-15-21)18-10-13-20-11-4-1-5-12-20/h1-19H/b13-10+,23-18+. The van der Waals surface area contributed by atoms with E-state index in [4.69, 9.17) is 4.29 Å². The Hall–Kier alpha value is -2.29. The van der Waals surface area contributed by atoms with E-state index in [9.17, 15) is 14.0 Å². The predicted molar refractivity (Wildman–Crippen MR) is 123 cm³/mol. The minimum atomic E-state index is -4.68. The molecule has 7 heteroatoms. The highest BCUT2D eigenvalue weighted by molar-refractivity contribution is 8.27.